The normalized spacial score (nSPS) is 11.9. The van der Waals surface area contributed by atoms with Gasteiger partial charge in [-0.1, -0.05) is 0 Å². The number of nitriles is 1. The zero-order chi connectivity index (χ0) is 10.6. The zero-order valence-electron chi connectivity index (χ0n) is 8.31. The predicted molar refractivity (Wildman–Crippen MR) is 53.7 cm³/mol. The highest BCUT2D eigenvalue weighted by atomic mass is 15.2. The molecule has 0 bridgehead atoms. The lowest BCUT2D eigenvalue weighted by Crippen LogP contribution is -2.33. The second kappa shape index (κ2) is 4.53. The first-order chi connectivity index (χ1) is 6.63. The Kier molecular flexibility index (Phi) is 3.37. The molecule has 0 fully saturated rings. The topological polar surface area (TPSA) is 78.8 Å². The van der Waals surface area contributed by atoms with Crippen LogP contribution in [0.15, 0.2) is 12.4 Å². The zero-order valence-corrected chi connectivity index (χ0v) is 8.31. The highest BCUT2D eigenvalue weighted by molar-refractivity contribution is 5.41. The fraction of sp³-hybridized carbons (Fsp3) is 0.444. The SMILES string of the molecule is CC(N)CN(C)c1cc(C#N)ncn1. The third kappa shape index (κ3) is 2.68. The van der Waals surface area contributed by atoms with Crippen LogP contribution >= 0.6 is 0 Å². The van der Waals surface area contributed by atoms with Crippen molar-refractivity contribution in [1.29, 1.82) is 5.26 Å². The van der Waals surface area contributed by atoms with E-state index in [0.29, 0.717) is 18.1 Å². The third-order valence-corrected chi connectivity index (χ3v) is 1.72. The van der Waals surface area contributed by atoms with Gasteiger partial charge in [-0.2, -0.15) is 5.26 Å². The van der Waals surface area contributed by atoms with E-state index in [1.165, 1.54) is 6.33 Å². The van der Waals surface area contributed by atoms with Crippen molar-refractivity contribution in [2.75, 3.05) is 18.5 Å². The van der Waals surface area contributed by atoms with Gasteiger partial charge in [0.05, 0.1) is 0 Å². The Labute approximate surface area is 83.2 Å². The summed E-state index contributed by atoms with van der Waals surface area (Å²) in [5.74, 6) is 0.717. The molecule has 0 saturated heterocycles. The summed E-state index contributed by atoms with van der Waals surface area (Å²) in [6.07, 6.45) is 1.38. The highest BCUT2D eigenvalue weighted by Gasteiger charge is 2.05. The molecule has 0 radical (unpaired) electrons. The summed E-state index contributed by atoms with van der Waals surface area (Å²) in [6.45, 7) is 2.62. The number of likely N-dealkylation sites (N-methyl/N-ethyl adjacent to an activating group) is 1. The minimum atomic E-state index is 0.0699. The highest BCUT2D eigenvalue weighted by Crippen LogP contribution is 2.08. The summed E-state index contributed by atoms with van der Waals surface area (Å²) >= 11 is 0. The summed E-state index contributed by atoms with van der Waals surface area (Å²) in [6, 6.07) is 3.68. The Morgan fingerprint density at radius 2 is 2.36 bits per heavy atom. The Hall–Kier alpha value is -1.67. The van der Waals surface area contributed by atoms with Crippen molar-refractivity contribution < 1.29 is 0 Å². The summed E-state index contributed by atoms with van der Waals surface area (Å²) in [5.41, 5.74) is 6.02. The lowest BCUT2D eigenvalue weighted by atomic mass is 10.3. The summed E-state index contributed by atoms with van der Waals surface area (Å²) in [7, 11) is 1.88. The Bertz CT molecular complexity index is 341. The number of anilines is 1. The third-order valence-electron chi connectivity index (χ3n) is 1.72. The Morgan fingerprint density at radius 1 is 1.64 bits per heavy atom. The molecule has 2 N–H and O–H groups in total. The molecule has 5 heteroatoms. The number of rotatable bonds is 3. The van der Waals surface area contributed by atoms with Crippen molar-refractivity contribution in [3.8, 4) is 6.07 Å². The minimum absolute atomic E-state index is 0.0699. The lowest BCUT2D eigenvalue weighted by Gasteiger charge is -2.19. The maximum Gasteiger partial charge on any atom is 0.145 e. The van der Waals surface area contributed by atoms with Gasteiger partial charge in [0.1, 0.15) is 23.9 Å². The van der Waals surface area contributed by atoms with Gasteiger partial charge in [-0.3, -0.25) is 0 Å². The molecule has 0 amide bonds. The van der Waals surface area contributed by atoms with Gasteiger partial charge in [-0.15, -0.1) is 0 Å². The van der Waals surface area contributed by atoms with E-state index < -0.39 is 0 Å². The van der Waals surface area contributed by atoms with Crippen molar-refractivity contribution in [2.45, 2.75) is 13.0 Å². The minimum Gasteiger partial charge on any atom is -0.358 e. The molecule has 0 aromatic carbocycles. The van der Waals surface area contributed by atoms with Gasteiger partial charge in [0, 0.05) is 25.7 Å². The van der Waals surface area contributed by atoms with E-state index in [9.17, 15) is 0 Å². The van der Waals surface area contributed by atoms with Crippen LogP contribution in [-0.2, 0) is 0 Å². The van der Waals surface area contributed by atoms with Crippen molar-refractivity contribution in [3.63, 3.8) is 0 Å². The average Bonchev–Trinajstić information content (AvgIpc) is 2.17. The van der Waals surface area contributed by atoms with E-state index in [1.54, 1.807) is 6.07 Å². The molecule has 0 aliphatic heterocycles. The van der Waals surface area contributed by atoms with E-state index in [1.807, 2.05) is 24.9 Å². The van der Waals surface area contributed by atoms with Gasteiger partial charge in [0.15, 0.2) is 0 Å². The van der Waals surface area contributed by atoms with Crippen LogP contribution in [0.5, 0.6) is 0 Å². The number of hydrogen-bond donors (Lipinski definition) is 1. The molecule has 74 valence electrons. The molecule has 0 aliphatic carbocycles. The Balaban J connectivity index is 2.80. The maximum atomic E-state index is 8.64. The second-order valence-electron chi connectivity index (χ2n) is 3.23. The standard InChI is InChI=1S/C9H13N5/c1-7(11)5-14(2)9-3-8(4-10)12-6-13-9/h3,6-7H,5,11H2,1-2H3. The van der Waals surface area contributed by atoms with Crippen molar-refractivity contribution in [2.24, 2.45) is 5.73 Å². The van der Waals surface area contributed by atoms with Crippen LogP contribution in [0.2, 0.25) is 0 Å². The predicted octanol–water partition coefficient (Wildman–Crippen LogP) is 0.132. The molecule has 1 unspecified atom stereocenters. The molecule has 1 aromatic rings. The molecule has 1 rings (SSSR count). The summed E-state index contributed by atoms with van der Waals surface area (Å²) in [4.78, 5) is 9.73. The van der Waals surface area contributed by atoms with Crippen LogP contribution in [0.25, 0.3) is 0 Å². The molecule has 1 aromatic heterocycles. The maximum absolute atomic E-state index is 8.64. The van der Waals surface area contributed by atoms with E-state index in [4.69, 9.17) is 11.0 Å². The largest absolute Gasteiger partial charge is 0.358 e. The quantitative estimate of drug-likeness (QED) is 0.734. The first-order valence-electron chi connectivity index (χ1n) is 4.32. The van der Waals surface area contributed by atoms with Gasteiger partial charge in [0.2, 0.25) is 0 Å². The summed E-state index contributed by atoms with van der Waals surface area (Å²) < 4.78 is 0. The first kappa shape index (κ1) is 10.4. The molecular formula is C9H13N5. The average molecular weight is 191 g/mol. The monoisotopic (exact) mass is 191 g/mol. The molecule has 14 heavy (non-hydrogen) atoms. The van der Waals surface area contributed by atoms with Crippen LogP contribution in [0.4, 0.5) is 5.82 Å². The van der Waals surface area contributed by atoms with Crippen molar-refractivity contribution >= 4 is 5.82 Å². The molecular weight excluding hydrogens is 178 g/mol. The van der Waals surface area contributed by atoms with Crippen LogP contribution in [0, 0.1) is 11.3 Å². The van der Waals surface area contributed by atoms with Crippen LogP contribution < -0.4 is 10.6 Å². The van der Waals surface area contributed by atoms with E-state index >= 15 is 0 Å². The number of nitrogens with zero attached hydrogens (tertiary/aromatic N) is 4. The molecule has 0 aliphatic rings. The van der Waals surface area contributed by atoms with E-state index in [-0.39, 0.29) is 6.04 Å². The molecule has 1 heterocycles. The van der Waals surface area contributed by atoms with Crippen LogP contribution in [-0.4, -0.2) is 29.6 Å². The van der Waals surface area contributed by atoms with Crippen LogP contribution in [0.3, 0.4) is 0 Å². The fourth-order valence-electron chi connectivity index (χ4n) is 1.14. The summed E-state index contributed by atoms with van der Waals surface area (Å²) in [5, 5.41) is 8.64. The van der Waals surface area contributed by atoms with Gasteiger partial charge < -0.3 is 10.6 Å². The van der Waals surface area contributed by atoms with Gasteiger partial charge in [0.25, 0.3) is 0 Å². The lowest BCUT2D eigenvalue weighted by molar-refractivity contribution is 0.711. The number of hydrogen-bond acceptors (Lipinski definition) is 5. The van der Waals surface area contributed by atoms with Crippen molar-refractivity contribution in [1.82, 2.24) is 9.97 Å². The molecule has 0 spiro atoms. The second-order valence-corrected chi connectivity index (χ2v) is 3.23. The Morgan fingerprint density at radius 3 is 2.93 bits per heavy atom. The van der Waals surface area contributed by atoms with E-state index in [0.717, 1.165) is 0 Å². The molecule has 5 nitrogen and oxygen atoms in total. The van der Waals surface area contributed by atoms with Gasteiger partial charge in [-0.25, -0.2) is 9.97 Å². The fourth-order valence-corrected chi connectivity index (χ4v) is 1.14. The van der Waals surface area contributed by atoms with Gasteiger partial charge in [-0.05, 0) is 6.92 Å². The van der Waals surface area contributed by atoms with Crippen molar-refractivity contribution in [3.05, 3.63) is 18.1 Å². The van der Waals surface area contributed by atoms with E-state index in [2.05, 4.69) is 9.97 Å². The molecule has 1 atom stereocenters. The first-order valence-corrected chi connectivity index (χ1v) is 4.32. The van der Waals surface area contributed by atoms with Crippen LogP contribution in [0.1, 0.15) is 12.6 Å². The molecule has 0 saturated carbocycles. The van der Waals surface area contributed by atoms with Gasteiger partial charge >= 0.3 is 0 Å². The number of nitrogens with two attached hydrogens (primary N) is 1. The number of aromatic nitrogens is 2. The smallest absolute Gasteiger partial charge is 0.145 e.